The second-order valence-electron chi connectivity index (χ2n) is 9.85. The van der Waals surface area contributed by atoms with Crippen molar-refractivity contribution in [1.29, 1.82) is 0 Å². The molecule has 2 aromatic rings. The van der Waals surface area contributed by atoms with Crippen LogP contribution < -0.4 is 10.4 Å². The molecule has 2 aromatic carbocycles. The van der Waals surface area contributed by atoms with Crippen LogP contribution in [0.25, 0.3) is 0 Å². The summed E-state index contributed by atoms with van der Waals surface area (Å²) < 4.78 is 12.4. The van der Waals surface area contributed by atoms with E-state index < -0.39 is 8.32 Å². The Morgan fingerprint density at radius 1 is 1.06 bits per heavy atom. The van der Waals surface area contributed by atoms with Gasteiger partial charge in [0.05, 0.1) is 6.61 Å². The van der Waals surface area contributed by atoms with Crippen molar-refractivity contribution in [1.82, 2.24) is 0 Å². The Hall–Kier alpha value is -2.43. The third-order valence-electron chi connectivity index (χ3n) is 6.86. The van der Waals surface area contributed by atoms with Crippen LogP contribution in [0, 0.1) is 5.41 Å². The number of esters is 1. The van der Waals surface area contributed by atoms with Crippen molar-refractivity contribution in [3.05, 3.63) is 85.0 Å². The van der Waals surface area contributed by atoms with Gasteiger partial charge in [-0.1, -0.05) is 93.6 Å². The lowest BCUT2D eigenvalue weighted by atomic mass is 9.77. The number of carbonyl (C=O) groups excluding carboxylic acids is 1. The Morgan fingerprint density at radius 2 is 1.64 bits per heavy atom. The number of rotatable bonds is 10. The van der Waals surface area contributed by atoms with E-state index in [0.717, 1.165) is 31.3 Å². The molecule has 1 atom stereocenters. The smallest absolute Gasteiger partial charge is 0.334 e. The average molecular weight is 463 g/mol. The summed E-state index contributed by atoms with van der Waals surface area (Å²) in [5.41, 5.74) is 0.450. The summed E-state index contributed by atoms with van der Waals surface area (Å²) in [6, 6.07) is 21.4. The Balaban J connectivity index is 1.85. The van der Waals surface area contributed by atoms with Crippen molar-refractivity contribution in [3.8, 4) is 0 Å². The summed E-state index contributed by atoms with van der Waals surface area (Å²) in [6.07, 6.45) is 7.46. The van der Waals surface area contributed by atoms with E-state index in [9.17, 15) is 4.79 Å². The zero-order chi connectivity index (χ0) is 24.0. The minimum atomic E-state index is -2.54. The molecule has 4 heteroatoms. The highest BCUT2D eigenvalue weighted by Gasteiger charge is 2.50. The maximum absolute atomic E-state index is 12.6. The summed E-state index contributed by atoms with van der Waals surface area (Å²) in [6.45, 7) is 13.8. The maximum Gasteiger partial charge on any atom is 0.334 e. The maximum atomic E-state index is 12.6. The molecule has 0 aliphatic heterocycles. The molecule has 176 valence electrons. The largest absolute Gasteiger partial charge is 0.463 e. The van der Waals surface area contributed by atoms with Gasteiger partial charge in [-0.2, -0.15) is 0 Å². The quantitative estimate of drug-likeness (QED) is 0.194. The van der Waals surface area contributed by atoms with Gasteiger partial charge in [0.15, 0.2) is 0 Å². The van der Waals surface area contributed by atoms with E-state index in [2.05, 4.69) is 88.0 Å². The number of hydrogen-bond donors (Lipinski definition) is 0. The molecule has 0 saturated heterocycles. The van der Waals surface area contributed by atoms with E-state index >= 15 is 0 Å². The van der Waals surface area contributed by atoms with Crippen LogP contribution >= 0.6 is 0 Å². The molecule has 0 saturated carbocycles. The Labute approximate surface area is 200 Å². The first-order valence-electron chi connectivity index (χ1n) is 12.1. The predicted octanol–water partition coefficient (Wildman–Crippen LogP) is 5.80. The van der Waals surface area contributed by atoms with Crippen molar-refractivity contribution < 1.29 is 14.0 Å². The van der Waals surface area contributed by atoms with Crippen molar-refractivity contribution in [2.45, 2.75) is 58.4 Å². The summed E-state index contributed by atoms with van der Waals surface area (Å²) in [5, 5.41) is 2.53. The molecule has 3 rings (SSSR count). The van der Waals surface area contributed by atoms with Gasteiger partial charge in [0.2, 0.25) is 0 Å². The SMILES string of the molecule is C=CC1(CCCO[Si](c2ccccc2)(c2ccccc2)C(C)(C)C)CCC=C1C(=O)OCC. The Kier molecular flexibility index (Phi) is 8.14. The highest BCUT2D eigenvalue weighted by atomic mass is 28.4. The first kappa shape index (κ1) is 25.2. The third-order valence-corrected chi connectivity index (χ3v) is 11.9. The average Bonchev–Trinajstić information content (AvgIpc) is 3.24. The van der Waals surface area contributed by atoms with Crippen molar-refractivity contribution in [3.63, 3.8) is 0 Å². The molecule has 0 amide bonds. The van der Waals surface area contributed by atoms with Gasteiger partial charge in [-0.3, -0.25) is 0 Å². The minimum absolute atomic E-state index is 0.0464. The van der Waals surface area contributed by atoms with Crippen LogP contribution in [-0.4, -0.2) is 27.5 Å². The lowest BCUT2D eigenvalue weighted by Gasteiger charge is -2.43. The van der Waals surface area contributed by atoms with E-state index in [1.165, 1.54) is 10.4 Å². The fourth-order valence-electron chi connectivity index (χ4n) is 5.26. The summed E-state index contributed by atoms with van der Waals surface area (Å²) >= 11 is 0. The fraction of sp³-hybridized carbons (Fsp3) is 0.414. The van der Waals surface area contributed by atoms with E-state index in [-0.39, 0.29) is 16.4 Å². The van der Waals surface area contributed by atoms with Gasteiger partial charge in [0, 0.05) is 17.6 Å². The van der Waals surface area contributed by atoms with Gasteiger partial charge in [-0.25, -0.2) is 4.79 Å². The second-order valence-corrected chi connectivity index (χ2v) is 14.2. The molecule has 0 bridgehead atoms. The highest BCUT2D eigenvalue weighted by molar-refractivity contribution is 6.99. The van der Waals surface area contributed by atoms with E-state index in [0.29, 0.717) is 13.2 Å². The highest BCUT2D eigenvalue weighted by Crippen LogP contribution is 2.45. The van der Waals surface area contributed by atoms with Crippen molar-refractivity contribution in [2.24, 2.45) is 5.41 Å². The summed E-state index contributed by atoms with van der Waals surface area (Å²) in [5.74, 6) is -0.206. The standard InChI is InChI=1S/C29H38O3Si/c1-6-29(21-14-20-26(29)27(30)31-7-2)22-15-23-32-33(28(3,4)5,24-16-10-8-11-17-24)25-18-12-9-13-19-25/h6,8-13,16-20H,1,7,14-15,21-23H2,2-5H3. The second kappa shape index (κ2) is 10.7. The van der Waals surface area contributed by atoms with E-state index in [1.54, 1.807) is 0 Å². The molecule has 0 fully saturated rings. The molecule has 0 radical (unpaired) electrons. The number of ether oxygens (including phenoxy) is 1. The molecule has 33 heavy (non-hydrogen) atoms. The van der Waals surface area contributed by atoms with Crippen LogP contribution in [0.4, 0.5) is 0 Å². The number of carbonyl (C=O) groups is 1. The van der Waals surface area contributed by atoms with Gasteiger partial charge < -0.3 is 9.16 Å². The first-order valence-corrected chi connectivity index (χ1v) is 14.0. The lowest BCUT2D eigenvalue weighted by Crippen LogP contribution is -2.66. The molecule has 0 aromatic heterocycles. The number of allylic oxidation sites excluding steroid dienone is 2. The van der Waals surface area contributed by atoms with Crippen LogP contribution in [0.15, 0.2) is 85.0 Å². The van der Waals surface area contributed by atoms with Crippen LogP contribution in [0.5, 0.6) is 0 Å². The van der Waals surface area contributed by atoms with E-state index in [4.69, 9.17) is 9.16 Å². The molecular weight excluding hydrogens is 424 g/mol. The molecule has 0 heterocycles. The van der Waals surface area contributed by atoms with E-state index in [1.807, 2.05) is 19.1 Å². The van der Waals surface area contributed by atoms with Gasteiger partial charge in [0.25, 0.3) is 8.32 Å². The number of hydrogen-bond acceptors (Lipinski definition) is 3. The lowest BCUT2D eigenvalue weighted by molar-refractivity contribution is -0.139. The molecule has 1 aliphatic carbocycles. The zero-order valence-electron chi connectivity index (χ0n) is 20.6. The van der Waals surface area contributed by atoms with Crippen LogP contribution in [0.2, 0.25) is 5.04 Å². The Morgan fingerprint density at radius 3 is 2.12 bits per heavy atom. The minimum Gasteiger partial charge on any atom is -0.463 e. The third kappa shape index (κ3) is 5.07. The monoisotopic (exact) mass is 462 g/mol. The summed E-state index contributed by atoms with van der Waals surface area (Å²) in [7, 11) is -2.54. The Bertz CT molecular complexity index is 920. The van der Waals surface area contributed by atoms with Crippen molar-refractivity contribution >= 4 is 24.7 Å². The van der Waals surface area contributed by atoms with Gasteiger partial charge >= 0.3 is 5.97 Å². The zero-order valence-corrected chi connectivity index (χ0v) is 21.6. The van der Waals surface area contributed by atoms with Crippen LogP contribution in [0.1, 0.15) is 53.4 Å². The molecule has 0 spiro atoms. The predicted molar refractivity (Wildman–Crippen MR) is 139 cm³/mol. The van der Waals surface area contributed by atoms with Gasteiger partial charge in [0.1, 0.15) is 0 Å². The van der Waals surface area contributed by atoms with Gasteiger partial charge in [-0.05, 0) is 48.0 Å². The fourth-order valence-corrected chi connectivity index (χ4v) is 9.86. The molecule has 1 unspecified atom stereocenters. The first-order chi connectivity index (χ1) is 15.8. The molecule has 3 nitrogen and oxygen atoms in total. The van der Waals surface area contributed by atoms with Crippen LogP contribution in [-0.2, 0) is 14.0 Å². The summed E-state index contributed by atoms with van der Waals surface area (Å²) in [4.78, 5) is 12.6. The van der Waals surface area contributed by atoms with Crippen LogP contribution in [0.3, 0.4) is 0 Å². The molecule has 0 N–H and O–H groups in total. The van der Waals surface area contributed by atoms with Crippen molar-refractivity contribution in [2.75, 3.05) is 13.2 Å². The molecular formula is C29H38O3Si. The van der Waals surface area contributed by atoms with Gasteiger partial charge in [-0.15, -0.1) is 6.58 Å². The topological polar surface area (TPSA) is 35.5 Å². The number of benzene rings is 2. The molecule has 1 aliphatic rings. The normalized spacial score (nSPS) is 18.6.